The van der Waals surface area contributed by atoms with Gasteiger partial charge in [0.05, 0.1) is 18.7 Å². The van der Waals surface area contributed by atoms with Crippen molar-refractivity contribution in [1.29, 1.82) is 0 Å². The highest BCUT2D eigenvalue weighted by atomic mass is 32.2. The quantitative estimate of drug-likeness (QED) is 0.322. The summed E-state index contributed by atoms with van der Waals surface area (Å²) >= 11 is 3.12. The predicted octanol–water partition coefficient (Wildman–Crippen LogP) is 4.13. The Bertz CT molecular complexity index is 1050. The van der Waals surface area contributed by atoms with Gasteiger partial charge in [-0.3, -0.25) is 14.3 Å². The smallest absolute Gasteiger partial charge is 0.272 e. The van der Waals surface area contributed by atoms with Gasteiger partial charge in [0, 0.05) is 36.8 Å². The third kappa shape index (κ3) is 4.80. The first kappa shape index (κ1) is 20.3. The molecule has 3 heterocycles. The van der Waals surface area contributed by atoms with Gasteiger partial charge < -0.3 is 4.74 Å². The normalized spacial score (nSPS) is 15.1. The molecule has 5 nitrogen and oxygen atoms in total. The monoisotopic (exact) mass is 427 g/mol. The fraction of sp³-hybridized carbons (Fsp3) is 0.364. The van der Waals surface area contributed by atoms with Crippen molar-refractivity contribution in [2.24, 2.45) is 0 Å². The number of benzene rings is 1. The van der Waals surface area contributed by atoms with Crippen molar-refractivity contribution in [2.45, 2.75) is 18.6 Å². The lowest BCUT2D eigenvalue weighted by molar-refractivity contribution is 0.0359. The number of rotatable bonds is 7. The minimum absolute atomic E-state index is 0.0552. The minimum atomic E-state index is 0.0552. The summed E-state index contributed by atoms with van der Waals surface area (Å²) in [5, 5.41) is 0.774. The van der Waals surface area contributed by atoms with Crippen molar-refractivity contribution >= 4 is 33.3 Å². The molecule has 1 aliphatic heterocycles. The van der Waals surface area contributed by atoms with E-state index in [9.17, 15) is 4.79 Å². The third-order valence-corrected chi connectivity index (χ3v) is 7.22. The van der Waals surface area contributed by atoms with Crippen molar-refractivity contribution < 1.29 is 4.74 Å². The van der Waals surface area contributed by atoms with E-state index >= 15 is 0 Å². The van der Waals surface area contributed by atoms with Crippen LogP contribution >= 0.6 is 23.1 Å². The molecule has 1 saturated heterocycles. The summed E-state index contributed by atoms with van der Waals surface area (Å²) in [5.74, 6) is 0.755. The number of ether oxygens (including phenoxy) is 1. The van der Waals surface area contributed by atoms with Gasteiger partial charge in [0.15, 0.2) is 5.16 Å². The number of aromatic nitrogens is 2. The lowest BCUT2D eigenvalue weighted by atomic mass is 10.2. The Morgan fingerprint density at radius 1 is 1.24 bits per heavy atom. The van der Waals surface area contributed by atoms with E-state index in [0.29, 0.717) is 6.54 Å². The summed E-state index contributed by atoms with van der Waals surface area (Å²) in [7, 11) is 0. The van der Waals surface area contributed by atoms with E-state index in [1.54, 1.807) is 11.8 Å². The van der Waals surface area contributed by atoms with Gasteiger partial charge in [-0.05, 0) is 18.6 Å². The molecule has 0 saturated carbocycles. The van der Waals surface area contributed by atoms with Crippen LogP contribution in [0.15, 0.2) is 58.5 Å². The highest BCUT2D eigenvalue weighted by Gasteiger charge is 2.17. The van der Waals surface area contributed by atoms with Crippen LogP contribution in [0.4, 0.5) is 0 Å². The molecule has 0 bridgehead atoms. The second-order valence-electron chi connectivity index (χ2n) is 7.24. The van der Waals surface area contributed by atoms with Crippen LogP contribution in [0.1, 0.15) is 6.92 Å². The summed E-state index contributed by atoms with van der Waals surface area (Å²) in [6.45, 7) is 10.8. The molecule has 0 spiro atoms. The maximum Gasteiger partial charge on any atom is 0.272 e. The Morgan fingerprint density at radius 2 is 2.00 bits per heavy atom. The number of thiophene rings is 1. The van der Waals surface area contributed by atoms with E-state index in [4.69, 9.17) is 9.72 Å². The van der Waals surface area contributed by atoms with E-state index in [1.807, 2.05) is 35.8 Å². The Morgan fingerprint density at radius 3 is 2.72 bits per heavy atom. The molecular weight excluding hydrogens is 402 g/mol. The van der Waals surface area contributed by atoms with Crippen LogP contribution in [0, 0.1) is 0 Å². The topological polar surface area (TPSA) is 47.4 Å². The number of hydrogen-bond acceptors (Lipinski definition) is 6. The van der Waals surface area contributed by atoms with Crippen molar-refractivity contribution in [1.82, 2.24) is 14.5 Å². The molecule has 0 N–H and O–H groups in total. The maximum atomic E-state index is 13.4. The van der Waals surface area contributed by atoms with Crippen molar-refractivity contribution in [3.63, 3.8) is 0 Å². The second-order valence-corrected chi connectivity index (χ2v) is 9.24. The molecule has 4 rings (SSSR count). The molecule has 0 atom stereocenters. The van der Waals surface area contributed by atoms with Crippen LogP contribution < -0.4 is 5.56 Å². The van der Waals surface area contributed by atoms with Gasteiger partial charge in [-0.25, -0.2) is 4.98 Å². The zero-order chi connectivity index (χ0) is 20.2. The first-order valence-corrected chi connectivity index (χ1v) is 11.6. The molecule has 2 aromatic heterocycles. The number of nitrogens with zero attached hydrogens (tertiary/aromatic N) is 3. The molecular formula is C22H25N3O2S2. The van der Waals surface area contributed by atoms with Gasteiger partial charge >= 0.3 is 0 Å². The maximum absolute atomic E-state index is 13.4. The zero-order valence-electron chi connectivity index (χ0n) is 16.6. The Balaban J connectivity index is 1.69. The standard InChI is InChI=1S/C22H25N3O2S2/c1-16(2)15-28-22-23-18-14-19(17-6-4-3-5-7-17)29-20(18)21(26)25(22)9-8-24-10-12-27-13-11-24/h3-7,14H,1,8-13,15H2,2H3. The van der Waals surface area contributed by atoms with E-state index in [-0.39, 0.29) is 5.56 Å². The fourth-order valence-electron chi connectivity index (χ4n) is 3.30. The average Bonchev–Trinajstić information content (AvgIpc) is 3.17. The summed E-state index contributed by atoms with van der Waals surface area (Å²) in [5.41, 5.74) is 3.02. The van der Waals surface area contributed by atoms with Gasteiger partial charge in [0.2, 0.25) is 0 Å². The van der Waals surface area contributed by atoms with Crippen LogP contribution in [0.2, 0.25) is 0 Å². The average molecular weight is 428 g/mol. The minimum Gasteiger partial charge on any atom is -0.379 e. The van der Waals surface area contributed by atoms with Gasteiger partial charge in [-0.2, -0.15) is 0 Å². The molecule has 152 valence electrons. The van der Waals surface area contributed by atoms with Crippen LogP contribution in [-0.2, 0) is 11.3 Å². The lowest BCUT2D eigenvalue weighted by Gasteiger charge is -2.27. The Labute approximate surface area is 179 Å². The molecule has 1 aliphatic rings. The fourth-order valence-corrected chi connectivity index (χ4v) is 5.22. The number of hydrogen-bond donors (Lipinski definition) is 0. The molecule has 0 aliphatic carbocycles. The molecule has 29 heavy (non-hydrogen) atoms. The van der Waals surface area contributed by atoms with Crippen molar-refractivity contribution in [2.75, 3.05) is 38.6 Å². The highest BCUT2D eigenvalue weighted by molar-refractivity contribution is 7.99. The molecule has 7 heteroatoms. The third-order valence-electron chi connectivity index (χ3n) is 4.85. The molecule has 1 fully saturated rings. The van der Waals surface area contributed by atoms with Crippen LogP contribution in [0.5, 0.6) is 0 Å². The molecule has 0 unspecified atom stereocenters. The van der Waals surface area contributed by atoms with E-state index in [2.05, 4.69) is 23.6 Å². The molecule has 0 radical (unpaired) electrons. The van der Waals surface area contributed by atoms with Crippen LogP contribution in [-0.4, -0.2) is 53.1 Å². The molecule has 3 aromatic rings. The Hall–Kier alpha value is -1.93. The van der Waals surface area contributed by atoms with E-state index in [1.165, 1.54) is 11.3 Å². The highest BCUT2D eigenvalue weighted by Crippen LogP contribution is 2.32. The van der Waals surface area contributed by atoms with Gasteiger partial charge in [-0.15, -0.1) is 11.3 Å². The second kappa shape index (κ2) is 9.26. The SMILES string of the molecule is C=C(C)CSc1nc2cc(-c3ccccc3)sc2c(=O)n1CCN1CCOCC1. The van der Waals surface area contributed by atoms with Crippen molar-refractivity contribution in [3.8, 4) is 10.4 Å². The van der Waals surface area contributed by atoms with Crippen LogP contribution in [0.3, 0.4) is 0 Å². The Kier molecular flexibility index (Phi) is 6.50. The summed E-state index contributed by atoms with van der Waals surface area (Å²) < 4.78 is 8.00. The largest absolute Gasteiger partial charge is 0.379 e. The van der Waals surface area contributed by atoms with Gasteiger partial charge in [0.1, 0.15) is 4.70 Å². The first-order chi connectivity index (χ1) is 14.1. The number of thioether (sulfide) groups is 1. The summed E-state index contributed by atoms with van der Waals surface area (Å²) in [4.78, 5) is 21.7. The summed E-state index contributed by atoms with van der Waals surface area (Å²) in [6, 6.07) is 12.2. The lowest BCUT2D eigenvalue weighted by Crippen LogP contribution is -2.39. The van der Waals surface area contributed by atoms with Crippen molar-refractivity contribution in [3.05, 3.63) is 58.9 Å². The van der Waals surface area contributed by atoms with Gasteiger partial charge in [-0.1, -0.05) is 54.2 Å². The van der Waals surface area contributed by atoms with E-state index in [0.717, 1.165) is 70.0 Å². The molecule has 0 amide bonds. The number of morpholine rings is 1. The van der Waals surface area contributed by atoms with E-state index < -0.39 is 0 Å². The molecule has 1 aromatic carbocycles. The van der Waals surface area contributed by atoms with Crippen LogP contribution in [0.25, 0.3) is 20.7 Å². The zero-order valence-corrected chi connectivity index (χ0v) is 18.2. The summed E-state index contributed by atoms with van der Waals surface area (Å²) in [6.07, 6.45) is 0. The first-order valence-electron chi connectivity index (χ1n) is 9.79. The number of fused-ring (bicyclic) bond motifs is 1. The van der Waals surface area contributed by atoms with Gasteiger partial charge in [0.25, 0.3) is 5.56 Å². The predicted molar refractivity (Wildman–Crippen MR) is 122 cm³/mol.